The van der Waals surface area contributed by atoms with Gasteiger partial charge in [0, 0.05) is 12.6 Å². The SMILES string of the molecule is O=C(Nc1ccc(F)cc1F)[C@@H]1Cc2ccccc2CN1. The quantitative estimate of drug-likeness (QED) is 0.892. The molecule has 1 heterocycles. The van der Waals surface area contributed by atoms with E-state index in [1.165, 1.54) is 6.07 Å². The van der Waals surface area contributed by atoms with Crippen LogP contribution in [-0.4, -0.2) is 11.9 Å². The van der Waals surface area contributed by atoms with Gasteiger partial charge in [-0.25, -0.2) is 8.78 Å². The molecule has 5 heteroatoms. The molecule has 3 nitrogen and oxygen atoms in total. The van der Waals surface area contributed by atoms with Crippen molar-refractivity contribution in [1.82, 2.24) is 5.32 Å². The number of nitrogens with one attached hydrogen (secondary N) is 2. The standard InChI is InChI=1S/C16H14F2N2O/c17-12-5-6-14(13(18)8-12)20-16(21)15-7-10-3-1-2-4-11(10)9-19-15/h1-6,8,15,19H,7,9H2,(H,20,21)/t15-/m0/s1. The van der Waals surface area contributed by atoms with E-state index in [1.807, 2.05) is 24.3 Å². The zero-order chi connectivity index (χ0) is 14.8. The number of anilines is 1. The second-order valence-corrected chi connectivity index (χ2v) is 5.02. The van der Waals surface area contributed by atoms with Crippen LogP contribution in [0.5, 0.6) is 0 Å². The molecule has 0 saturated carbocycles. The predicted molar refractivity (Wildman–Crippen MR) is 75.8 cm³/mol. The number of hydrogen-bond donors (Lipinski definition) is 2. The molecular formula is C16H14F2N2O. The molecule has 1 amide bonds. The summed E-state index contributed by atoms with van der Waals surface area (Å²) in [7, 11) is 0. The van der Waals surface area contributed by atoms with Crippen molar-refractivity contribution in [1.29, 1.82) is 0 Å². The van der Waals surface area contributed by atoms with Gasteiger partial charge in [0.1, 0.15) is 11.6 Å². The maximum Gasteiger partial charge on any atom is 0.241 e. The summed E-state index contributed by atoms with van der Waals surface area (Å²) >= 11 is 0. The average Bonchev–Trinajstić information content (AvgIpc) is 2.49. The molecule has 3 rings (SSSR count). The van der Waals surface area contributed by atoms with Crippen LogP contribution in [0.3, 0.4) is 0 Å². The number of amides is 1. The Morgan fingerprint density at radius 3 is 2.67 bits per heavy atom. The van der Waals surface area contributed by atoms with Gasteiger partial charge in [-0.2, -0.15) is 0 Å². The Morgan fingerprint density at radius 1 is 1.14 bits per heavy atom. The summed E-state index contributed by atoms with van der Waals surface area (Å²) < 4.78 is 26.4. The molecule has 0 bridgehead atoms. The summed E-state index contributed by atoms with van der Waals surface area (Å²) in [5.74, 6) is -1.77. The third-order valence-corrected chi connectivity index (χ3v) is 3.59. The Morgan fingerprint density at radius 2 is 1.90 bits per heavy atom. The van der Waals surface area contributed by atoms with E-state index in [4.69, 9.17) is 0 Å². The fraction of sp³-hybridized carbons (Fsp3) is 0.188. The lowest BCUT2D eigenvalue weighted by molar-refractivity contribution is -0.118. The molecule has 2 N–H and O–H groups in total. The highest BCUT2D eigenvalue weighted by Gasteiger charge is 2.24. The summed E-state index contributed by atoms with van der Waals surface area (Å²) in [6, 6.07) is 10.5. The smallest absolute Gasteiger partial charge is 0.241 e. The van der Waals surface area contributed by atoms with Crippen LogP contribution in [0.1, 0.15) is 11.1 Å². The molecule has 21 heavy (non-hydrogen) atoms. The van der Waals surface area contributed by atoms with Crippen LogP contribution in [0, 0.1) is 11.6 Å². The molecule has 1 aliphatic rings. The molecule has 108 valence electrons. The molecule has 2 aromatic carbocycles. The molecule has 0 aromatic heterocycles. The first kappa shape index (κ1) is 13.7. The fourth-order valence-corrected chi connectivity index (χ4v) is 2.45. The maximum absolute atomic E-state index is 13.5. The predicted octanol–water partition coefficient (Wildman–Crippen LogP) is 2.62. The van der Waals surface area contributed by atoms with Crippen molar-refractivity contribution in [3.63, 3.8) is 0 Å². The van der Waals surface area contributed by atoms with E-state index in [0.717, 1.165) is 23.3 Å². The normalized spacial score (nSPS) is 17.1. The van der Waals surface area contributed by atoms with Gasteiger partial charge in [-0.3, -0.25) is 4.79 Å². The number of carbonyl (C=O) groups excluding carboxylic acids is 1. The van der Waals surface area contributed by atoms with Crippen molar-refractivity contribution in [3.8, 4) is 0 Å². The Balaban J connectivity index is 1.72. The number of fused-ring (bicyclic) bond motifs is 1. The maximum atomic E-state index is 13.5. The topological polar surface area (TPSA) is 41.1 Å². The molecule has 0 fully saturated rings. The second kappa shape index (κ2) is 5.61. The van der Waals surface area contributed by atoms with Crippen molar-refractivity contribution in [2.45, 2.75) is 19.0 Å². The highest BCUT2D eigenvalue weighted by Crippen LogP contribution is 2.19. The molecule has 2 aromatic rings. The minimum absolute atomic E-state index is 0.0120. The number of rotatable bonds is 2. The molecule has 1 atom stereocenters. The fourth-order valence-electron chi connectivity index (χ4n) is 2.45. The van der Waals surface area contributed by atoms with Gasteiger partial charge >= 0.3 is 0 Å². The van der Waals surface area contributed by atoms with Crippen molar-refractivity contribution in [2.75, 3.05) is 5.32 Å². The minimum atomic E-state index is -0.778. The highest BCUT2D eigenvalue weighted by atomic mass is 19.1. The summed E-state index contributed by atoms with van der Waals surface area (Å²) in [5, 5.41) is 5.61. The van der Waals surface area contributed by atoms with E-state index < -0.39 is 17.7 Å². The van der Waals surface area contributed by atoms with E-state index in [9.17, 15) is 13.6 Å². The minimum Gasteiger partial charge on any atom is -0.322 e. The van der Waals surface area contributed by atoms with Crippen LogP contribution < -0.4 is 10.6 Å². The second-order valence-electron chi connectivity index (χ2n) is 5.02. The zero-order valence-corrected chi connectivity index (χ0v) is 11.2. The van der Waals surface area contributed by atoms with Crippen LogP contribution in [0.25, 0.3) is 0 Å². The lowest BCUT2D eigenvalue weighted by Crippen LogP contribution is -2.44. The van der Waals surface area contributed by atoms with Crippen molar-refractivity contribution < 1.29 is 13.6 Å². The average molecular weight is 288 g/mol. The van der Waals surface area contributed by atoms with E-state index in [1.54, 1.807) is 0 Å². The Kier molecular flexibility index (Phi) is 3.66. The summed E-state index contributed by atoms with van der Waals surface area (Å²) in [6.45, 7) is 0.597. The van der Waals surface area contributed by atoms with Gasteiger partial charge in [0.25, 0.3) is 0 Å². The lowest BCUT2D eigenvalue weighted by atomic mass is 9.95. The molecule has 1 aliphatic heterocycles. The summed E-state index contributed by atoms with van der Waals surface area (Å²) in [5.41, 5.74) is 2.26. The molecule has 0 spiro atoms. The van der Waals surface area contributed by atoms with Crippen LogP contribution in [0.2, 0.25) is 0 Å². The van der Waals surface area contributed by atoms with Crippen molar-refractivity contribution in [3.05, 3.63) is 65.2 Å². The molecule has 0 radical (unpaired) electrons. The molecule has 0 saturated heterocycles. The van der Waals surface area contributed by atoms with E-state index >= 15 is 0 Å². The van der Waals surface area contributed by atoms with E-state index in [2.05, 4.69) is 10.6 Å². The molecule has 0 unspecified atom stereocenters. The first-order valence-corrected chi connectivity index (χ1v) is 6.69. The number of halogens is 2. The van der Waals surface area contributed by atoms with Gasteiger partial charge in [-0.15, -0.1) is 0 Å². The van der Waals surface area contributed by atoms with Gasteiger partial charge in [0.15, 0.2) is 0 Å². The van der Waals surface area contributed by atoms with Crippen LogP contribution in [0.4, 0.5) is 14.5 Å². The van der Waals surface area contributed by atoms with Gasteiger partial charge in [0.2, 0.25) is 5.91 Å². The third-order valence-electron chi connectivity index (χ3n) is 3.59. The number of benzene rings is 2. The summed E-state index contributed by atoms with van der Waals surface area (Å²) in [4.78, 5) is 12.2. The Hall–Kier alpha value is -2.27. The Labute approximate surface area is 121 Å². The van der Waals surface area contributed by atoms with Gasteiger partial charge in [-0.05, 0) is 29.7 Å². The molecular weight excluding hydrogens is 274 g/mol. The van der Waals surface area contributed by atoms with Gasteiger partial charge < -0.3 is 10.6 Å². The van der Waals surface area contributed by atoms with Crippen molar-refractivity contribution >= 4 is 11.6 Å². The third kappa shape index (κ3) is 2.92. The summed E-state index contributed by atoms with van der Waals surface area (Å²) in [6.07, 6.45) is 0.546. The first-order valence-electron chi connectivity index (χ1n) is 6.69. The largest absolute Gasteiger partial charge is 0.322 e. The number of hydrogen-bond acceptors (Lipinski definition) is 2. The number of carbonyl (C=O) groups is 1. The van der Waals surface area contributed by atoms with Crippen molar-refractivity contribution in [2.24, 2.45) is 0 Å². The zero-order valence-electron chi connectivity index (χ0n) is 11.2. The van der Waals surface area contributed by atoms with Gasteiger partial charge in [-0.1, -0.05) is 24.3 Å². The van der Waals surface area contributed by atoms with E-state index in [-0.39, 0.29) is 11.6 Å². The van der Waals surface area contributed by atoms with Crippen LogP contribution >= 0.6 is 0 Å². The molecule has 0 aliphatic carbocycles. The monoisotopic (exact) mass is 288 g/mol. The Bertz CT molecular complexity index is 688. The van der Waals surface area contributed by atoms with E-state index in [0.29, 0.717) is 13.0 Å². The van der Waals surface area contributed by atoms with Gasteiger partial charge in [0.05, 0.1) is 11.7 Å². The lowest BCUT2D eigenvalue weighted by Gasteiger charge is -2.25. The highest BCUT2D eigenvalue weighted by molar-refractivity contribution is 5.95. The van der Waals surface area contributed by atoms with Crippen LogP contribution in [0.15, 0.2) is 42.5 Å². The van der Waals surface area contributed by atoms with Crippen LogP contribution in [-0.2, 0) is 17.8 Å². The first-order chi connectivity index (χ1) is 10.1.